The van der Waals surface area contributed by atoms with Gasteiger partial charge in [0.25, 0.3) is 0 Å². The molecule has 1 aliphatic carbocycles. The van der Waals surface area contributed by atoms with Crippen molar-refractivity contribution in [2.24, 2.45) is 5.92 Å². The molecule has 0 spiro atoms. The predicted molar refractivity (Wildman–Crippen MR) is 88.3 cm³/mol. The number of hydrogen-bond acceptors (Lipinski definition) is 5. The maximum absolute atomic E-state index is 11.4. The van der Waals surface area contributed by atoms with Crippen LogP contribution in [-0.2, 0) is 10.0 Å². The number of aromatic nitrogens is 3. The number of sulfonamides is 1. The second-order valence-corrected chi connectivity index (χ2v) is 8.26. The van der Waals surface area contributed by atoms with Crippen molar-refractivity contribution >= 4 is 37.3 Å². The number of rotatable bonds is 5. The van der Waals surface area contributed by atoms with Gasteiger partial charge in [0.1, 0.15) is 5.52 Å². The van der Waals surface area contributed by atoms with E-state index in [0.29, 0.717) is 6.54 Å². The largest absolute Gasteiger partial charge is 0.368 e. The third-order valence-corrected chi connectivity index (χ3v) is 5.25. The average molecular weight is 388 g/mol. The molecule has 0 saturated heterocycles. The fraction of sp³-hybridized carbons (Fsp3) is 0.538. The Morgan fingerprint density at radius 2 is 2.27 bits per heavy atom. The molecule has 7 nitrogen and oxygen atoms in total. The fourth-order valence-electron chi connectivity index (χ4n) is 2.98. The van der Waals surface area contributed by atoms with Gasteiger partial charge in [-0.15, -0.1) is 0 Å². The molecule has 2 atom stereocenters. The first-order valence-electron chi connectivity index (χ1n) is 7.13. The molecule has 2 heterocycles. The lowest BCUT2D eigenvalue weighted by atomic mass is 10.0. The number of nitrogens with one attached hydrogen (secondary N) is 2. The van der Waals surface area contributed by atoms with Crippen molar-refractivity contribution in [2.75, 3.05) is 18.1 Å². The Hall–Kier alpha value is -1.19. The molecule has 1 fully saturated rings. The SMILES string of the molecule is CS(=O)(=O)NC1CCCC1CNc1nccn2ncc(Br)c12. The van der Waals surface area contributed by atoms with E-state index in [0.717, 1.165) is 35.1 Å². The van der Waals surface area contributed by atoms with Gasteiger partial charge in [0.2, 0.25) is 10.0 Å². The highest BCUT2D eigenvalue weighted by Crippen LogP contribution is 2.28. The molecule has 3 rings (SSSR count). The van der Waals surface area contributed by atoms with Crippen molar-refractivity contribution < 1.29 is 8.42 Å². The summed E-state index contributed by atoms with van der Waals surface area (Å²) in [6, 6.07) is -0.00409. The molecule has 0 aliphatic heterocycles. The van der Waals surface area contributed by atoms with Crippen LogP contribution in [0.4, 0.5) is 5.82 Å². The summed E-state index contributed by atoms with van der Waals surface area (Å²) in [7, 11) is -3.17. The predicted octanol–water partition coefficient (Wildman–Crippen LogP) is 1.62. The van der Waals surface area contributed by atoms with Crippen molar-refractivity contribution in [3.05, 3.63) is 23.1 Å². The first-order chi connectivity index (χ1) is 10.4. The number of halogens is 1. The third-order valence-electron chi connectivity index (χ3n) is 3.94. The lowest BCUT2D eigenvalue weighted by Crippen LogP contribution is -2.39. The number of anilines is 1. The first kappa shape index (κ1) is 15.7. The molecule has 22 heavy (non-hydrogen) atoms. The molecule has 120 valence electrons. The van der Waals surface area contributed by atoms with E-state index in [9.17, 15) is 8.42 Å². The molecular formula is C13H18BrN5O2S. The van der Waals surface area contributed by atoms with Crippen LogP contribution in [0.3, 0.4) is 0 Å². The van der Waals surface area contributed by atoms with Gasteiger partial charge in [-0.2, -0.15) is 5.10 Å². The van der Waals surface area contributed by atoms with Crippen LogP contribution in [0, 0.1) is 5.92 Å². The molecule has 0 radical (unpaired) electrons. The van der Waals surface area contributed by atoms with Gasteiger partial charge in [0.15, 0.2) is 5.82 Å². The zero-order chi connectivity index (χ0) is 15.7. The summed E-state index contributed by atoms with van der Waals surface area (Å²) in [6.07, 6.45) is 9.34. The van der Waals surface area contributed by atoms with Gasteiger partial charge in [-0.3, -0.25) is 0 Å². The normalized spacial score (nSPS) is 22.3. The monoisotopic (exact) mass is 387 g/mol. The van der Waals surface area contributed by atoms with E-state index in [1.54, 1.807) is 23.1 Å². The van der Waals surface area contributed by atoms with Gasteiger partial charge in [-0.05, 0) is 34.7 Å². The molecule has 2 aromatic heterocycles. The van der Waals surface area contributed by atoms with Gasteiger partial charge < -0.3 is 5.32 Å². The fourth-order valence-corrected chi connectivity index (χ4v) is 4.30. The summed E-state index contributed by atoms with van der Waals surface area (Å²) in [5.74, 6) is 1.01. The summed E-state index contributed by atoms with van der Waals surface area (Å²) in [5, 5.41) is 7.56. The maximum Gasteiger partial charge on any atom is 0.208 e. The summed E-state index contributed by atoms with van der Waals surface area (Å²) < 4.78 is 28.2. The van der Waals surface area contributed by atoms with Gasteiger partial charge in [-0.1, -0.05) is 6.42 Å². The average Bonchev–Trinajstić information content (AvgIpc) is 3.02. The highest BCUT2D eigenvalue weighted by atomic mass is 79.9. The van der Waals surface area contributed by atoms with Crippen molar-refractivity contribution in [3.8, 4) is 0 Å². The van der Waals surface area contributed by atoms with E-state index in [1.165, 1.54) is 6.26 Å². The van der Waals surface area contributed by atoms with Crippen LogP contribution in [0.5, 0.6) is 0 Å². The van der Waals surface area contributed by atoms with Crippen molar-refractivity contribution in [1.82, 2.24) is 19.3 Å². The van der Waals surface area contributed by atoms with Crippen molar-refractivity contribution in [2.45, 2.75) is 25.3 Å². The minimum Gasteiger partial charge on any atom is -0.368 e. The number of nitrogens with zero attached hydrogens (tertiary/aromatic N) is 3. The lowest BCUT2D eigenvalue weighted by Gasteiger charge is -2.20. The lowest BCUT2D eigenvalue weighted by molar-refractivity contribution is 0.463. The smallest absolute Gasteiger partial charge is 0.208 e. The molecule has 1 saturated carbocycles. The van der Waals surface area contributed by atoms with E-state index in [1.807, 2.05) is 0 Å². The quantitative estimate of drug-likeness (QED) is 0.813. The van der Waals surface area contributed by atoms with Gasteiger partial charge >= 0.3 is 0 Å². The topological polar surface area (TPSA) is 88.4 Å². The van der Waals surface area contributed by atoms with Crippen LogP contribution in [0.2, 0.25) is 0 Å². The van der Waals surface area contributed by atoms with E-state index in [4.69, 9.17) is 0 Å². The van der Waals surface area contributed by atoms with E-state index in [2.05, 4.69) is 36.1 Å². The van der Waals surface area contributed by atoms with Crippen LogP contribution >= 0.6 is 15.9 Å². The highest BCUT2D eigenvalue weighted by Gasteiger charge is 2.29. The highest BCUT2D eigenvalue weighted by molar-refractivity contribution is 9.10. The minimum absolute atomic E-state index is 0.00409. The standard InChI is InChI=1S/C13H18BrN5O2S/c1-22(20,21)18-11-4-2-3-9(11)7-16-13-12-10(14)8-17-19(12)6-5-15-13/h5-6,8-9,11,18H,2-4,7H2,1H3,(H,15,16). The first-order valence-corrected chi connectivity index (χ1v) is 9.81. The Morgan fingerprint density at radius 1 is 1.45 bits per heavy atom. The number of hydrogen-bond donors (Lipinski definition) is 2. The Bertz CT molecular complexity index is 776. The molecule has 1 aliphatic rings. The molecule has 9 heteroatoms. The van der Waals surface area contributed by atoms with E-state index >= 15 is 0 Å². The van der Waals surface area contributed by atoms with Crippen LogP contribution in [0.1, 0.15) is 19.3 Å². The van der Waals surface area contributed by atoms with Crippen molar-refractivity contribution in [3.63, 3.8) is 0 Å². The second kappa shape index (κ2) is 6.13. The van der Waals surface area contributed by atoms with Gasteiger partial charge in [0.05, 0.1) is 16.9 Å². The molecule has 0 bridgehead atoms. The molecule has 0 aromatic carbocycles. The molecule has 2 N–H and O–H groups in total. The van der Waals surface area contributed by atoms with Crippen LogP contribution < -0.4 is 10.0 Å². The Kier molecular flexibility index (Phi) is 4.37. The molecule has 2 unspecified atom stereocenters. The van der Waals surface area contributed by atoms with Crippen LogP contribution in [-0.4, -0.2) is 41.9 Å². The van der Waals surface area contributed by atoms with Crippen LogP contribution in [0.25, 0.3) is 5.52 Å². The summed E-state index contributed by atoms with van der Waals surface area (Å²) in [4.78, 5) is 4.36. The van der Waals surface area contributed by atoms with Gasteiger partial charge in [0, 0.05) is 25.0 Å². The Morgan fingerprint density at radius 3 is 3.05 bits per heavy atom. The molecule has 2 aromatic rings. The Balaban J connectivity index is 1.72. The zero-order valence-electron chi connectivity index (χ0n) is 12.2. The van der Waals surface area contributed by atoms with Gasteiger partial charge in [-0.25, -0.2) is 22.6 Å². The summed E-state index contributed by atoms with van der Waals surface area (Å²) in [6.45, 7) is 0.678. The third kappa shape index (κ3) is 3.41. The zero-order valence-corrected chi connectivity index (χ0v) is 14.6. The number of fused-ring (bicyclic) bond motifs is 1. The second-order valence-electron chi connectivity index (χ2n) is 5.63. The molecular weight excluding hydrogens is 370 g/mol. The molecule has 0 amide bonds. The van der Waals surface area contributed by atoms with E-state index < -0.39 is 10.0 Å². The summed E-state index contributed by atoms with van der Waals surface area (Å²) >= 11 is 3.47. The Labute approximate surface area is 137 Å². The van der Waals surface area contributed by atoms with Crippen molar-refractivity contribution in [1.29, 1.82) is 0 Å². The van der Waals surface area contributed by atoms with Crippen LogP contribution in [0.15, 0.2) is 23.1 Å². The summed E-state index contributed by atoms with van der Waals surface area (Å²) in [5.41, 5.74) is 0.883. The minimum atomic E-state index is -3.17. The van der Waals surface area contributed by atoms with E-state index in [-0.39, 0.29) is 12.0 Å². The maximum atomic E-state index is 11.4.